The molecule has 2 fully saturated rings. The van der Waals surface area contributed by atoms with Crippen LogP contribution in [0.2, 0.25) is 0 Å². The fourth-order valence-corrected chi connectivity index (χ4v) is 4.57. The number of nitrogens with zero attached hydrogens (tertiary/aromatic N) is 3. The Bertz CT molecular complexity index is 1120. The first-order chi connectivity index (χ1) is 16.6. The Morgan fingerprint density at radius 2 is 1.71 bits per heavy atom. The van der Waals surface area contributed by atoms with E-state index in [4.69, 9.17) is 0 Å². The van der Waals surface area contributed by atoms with Crippen molar-refractivity contribution in [2.75, 3.05) is 12.4 Å². The van der Waals surface area contributed by atoms with E-state index in [1.165, 1.54) is 24.5 Å². The van der Waals surface area contributed by atoms with Crippen LogP contribution in [0.1, 0.15) is 78.8 Å². The average molecular weight is 483 g/mol. The van der Waals surface area contributed by atoms with Crippen molar-refractivity contribution < 1.29 is 18.8 Å². The molecular formula is C25H31FN6O3. The summed E-state index contributed by atoms with van der Waals surface area (Å²) in [5, 5.41) is 8.33. The molecule has 1 aliphatic carbocycles. The van der Waals surface area contributed by atoms with Gasteiger partial charge in [0.1, 0.15) is 11.4 Å². The van der Waals surface area contributed by atoms with Gasteiger partial charge in [0.05, 0.1) is 11.6 Å². The minimum absolute atomic E-state index is 0.121. The van der Waals surface area contributed by atoms with Crippen LogP contribution in [0.4, 0.5) is 10.3 Å². The molecule has 1 aromatic carbocycles. The van der Waals surface area contributed by atoms with Crippen LogP contribution in [0.3, 0.4) is 0 Å². The first-order valence-corrected chi connectivity index (χ1v) is 11.9. The molecule has 1 saturated carbocycles. The number of nitrogens with one attached hydrogen (secondary N) is 3. The Labute approximate surface area is 203 Å². The highest BCUT2D eigenvalue weighted by Gasteiger charge is 2.51. The zero-order valence-corrected chi connectivity index (χ0v) is 20.4. The quantitative estimate of drug-likeness (QED) is 0.559. The molecule has 3 N–H and O–H groups in total. The summed E-state index contributed by atoms with van der Waals surface area (Å²) in [5.74, 6) is -1.19. The lowest BCUT2D eigenvalue weighted by atomic mass is 10.0. The molecule has 1 aliphatic heterocycles. The molecule has 2 aliphatic rings. The van der Waals surface area contributed by atoms with Gasteiger partial charge in [0.2, 0.25) is 11.9 Å². The second-order valence-electron chi connectivity index (χ2n) is 9.50. The van der Waals surface area contributed by atoms with Crippen LogP contribution in [0.25, 0.3) is 0 Å². The molecule has 2 aromatic rings. The van der Waals surface area contributed by atoms with E-state index in [0.29, 0.717) is 24.4 Å². The number of rotatable bonds is 7. The molecule has 1 aromatic heterocycles. The van der Waals surface area contributed by atoms with Gasteiger partial charge in [-0.25, -0.2) is 14.4 Å². The number of carbonyl (C=O) groups excluding carboxylic acids is 3. The van der Waals surface area contributed by atoms with Crippen molar-refractivity contribution in [3.05, 3.63) is 53.1 Å². The van der Waals surface area contributed by atoms with Gasteiger partial charge in [-0.3, -0.25) is 14.4 Å². The lowest BCUT2D eigenvalue weighted by molar-refractivity contribution is -0.124. The van der Waals surface area contributed by atoms with Gasteiger partial charge in [-0.1, -0.05) is 6.07 Å². The second kappa shape index (κ2) is 9.59. The van der Waals surface area contributed by atoms with Crippen molar-refractivity contribution in [2.24, 2.45) is 0 Å². The van der Waals surface area contributed by atoms with Crippen molar-refractivity contribution in [3.63, 3.8) is 0 Å². The Hall–Kier alpha value is -3.56. The molecule has 3 atom stereocenters. The highest BCUT2D eigenvalue weighted by atomic mass is 19.1. The predicted molar refractivity (Wildman–Crippen MR) is 128 cm³/mol. The van der Waals surface area contributed by atoms with Crippen LogP contribution in [0.5, 0.6) is 0 Å². The first-order valence-electron chi connectivity index (χ1n) is 11.9. The van der Waals surface area contributed by atoms with Gasteiger partial charge >= 0.3 is 0 Å². The van der Waals surface area contributed by atoms with Crippen molar-refractivity contribution >= 4 is 23.7 Å². The standard InChI is InChI=1S/C25H31FN6O3/c1-14-5-6-15(2)32(14)22(34)17-7-8-19(20(26)11-17)16(3)30-23(35)25(9-10-25)31-21(33)18-12-28-24(27-4)29-13-18/h7-8,11-16H,5-6,9-10H2,1-4H3,(H,30,35)(H,31,33)(H,27,28,29)/t14?,15?,16-/m1/s1. The van der Waals surface area contributed by atoms with Crippen LogP contribution in [0.15, 0.2) is 30.6 Å². The smallest absolute Gasteiger partial charge is 0.255 e. The summed E-state index contributed by atoms with van der Waals surface area (Å²) in [6.45, 7) is 5.67. The molecule has 0 spiro atoms. The van der Waals surface area contributed by atoms with Gasteiger partial charge < -0.3 is 20.9 Å². The molecule has 4 rings (SSSR count). The summed E-state index contributed by atoms with van der Waals surface area (Å²) in [4.78, 5) is 48.3. The fourth-order valence-electron chi connectivity index (χ4n) is 4.57. The van der Waals surface area contributed by atoms with E-state index >= 15 is 0 Å². The Morgan fingerprint density at radius 1 is 1.09 bits per heavy atom. The Balaban J connectivity index is 1.40. The van der Waals surface area contributed by atoms with Crippen LogP contribution in [-0.4, -0.2) is 57.3 Å². The van der Waals surface area contributed by atoms with Crippen LogP contribution < -0.4 is 16.0 Å². The number of halogens is 1. The van der Waals surface area contributed by atoms with Gasteiger partial charge in [-0.15, -0.1) is 0 Å². The summed E-state index contributed by atoms with van der Waals surface area (Å²) in [6.07, 6.45) is 5.59. The van der Waals surface area contributed by atoms with Crippen LogP contribution in [-0.2, 0) is 4.79 Å². The third-order valence-electron chi connectivity index (χ3n) is 6.92. The zero-order valence-electron chi connectivity index (χ0n) is 20.4. The molecule has 9 nitrogen and oxygen atoms in total. The molecule has 10 heteroatoms. The number of amides is 3. The van der Waals surface area contributed by atoms with Gasteiger partial charge in [0.15, 0.2) is 0 Å². The molecule has 3 amide bonds. The van der Waals surface area contributed by atoms with Crippen molar-refractivity contribution in [1.82, 2.24) is 25.5 Å². The summed E-state index contributed by atoms with van der Waals surface area (Å²) in [6, 6.07) is 3.97. The van der Waals surface area contributed by atoms with Gasteiger partial charge in [0, 0.05) is 42.7 Å². The number of benzene rings is 1. The number of hydrogen-bond donors (Lipinski definition) is 3. The Kier molecular flexibility index (Phi) is 6.73. The molecular weight excluding hydrogens is 451 g/mol. The summed E-state index contributed by atoms with van der Waals surface area (Å²) >= 11 is 0. The number of anilines is 1. The number of likely N-dealkylation sites (tertiary alicyclic amines) is 1. The summed E-state index contributed by atoms with van der Waals surface area (Å²) in [7, 11) is 1.67. The van der Waals surface area contributed by atoms with Crippen LogP contribution in [0, 0.1) is 5.82 Å². The highest BCUT2D eigenvalue weighted by Crippen LogP contribution is 2.37. The minimum Gasteiger partial charge on any atom is -0.357 e. The van der Waals surface area contributed by atoms with Gasteiger partial charge in [-0.05, 0) is 58.6 Å². The van der Waals surface area contributed by atoms with Crippen molar-refractivity contribution in [2.45, 2.75) is 70.1 Å². The largest absolute Gasteiger partial charge is 0.357 e. The highest BCUT2D eigenvalue weighted by molar-refractivity contribution is 6.00. The lowest BCUT2D eigenvalue weighted by Gasteiger charge is -2.26. The maximum absolute atomic E-state index is 15.0. The third-order valence-corrected chi connectivity index (χ3v) is 6.92. The van der Waals surface area contributed by atoms with Crippen LogP contribution >= 0.6 is 0 Å². The topological polar surface area (TPSA) is 116 Å². The van der Waals surface area contributed by atoms with E-state index in [2.05, 4.69) is 25.9 Å². The molecule has 2 unspecified atom stereocenters. The third kappa shape index (κ3) is 4.96. The molecule has 0 bridgehead atoms. The van der Waals surface area contributed by atoms with Gasteiger partial charge in [-0.2, -0.15) is 0 Å². The minimum atomic E-state index is -1.04. The fraction of sp³-hybridized carbons (Fsp3) is 0.480. The van der Waals surface area contributed by atoms with Gasteiger partial charge in [0.25, 0.3) is 11.8 Å². The van der Waals surface area contributed by atoms with E-state index in [1.807, 2.05) is 13.8 Å². The molecule has 0 radical (unpaired) electrons. The number of hydrogen-bond acceptors (Lipinski definition) is 6. The van der Waals surface area contributed by atoms with E-state index in [0.717, 1.165) is 12.8 Å². The predicted octanol–water partition coefficient (Wildman–Crippen LogP) is 2.81. The zero-order chi connectivity index (χ0) is 25.3. The molecule has 1 saturated heterocycles. The second-order valence-corrected chi connectivity index (χ2v) is 9.50. The molecule has 186 valence electrons. The van der Waals surface area contributed by atoms with E-state index in [9.17, 15) is 18.8 Å². The number of aromatic nitrogens is 2. The normalized spacial score (nSPS) is 21.2. The Morgan fingerprint density at radius 3 is 2.26 bits per heavy atom. The number of carbonyl (C=O) groups is 3. The maximum atomic E-state index is 15.0. The lowest BCUT2D eigenvalue weighted by Crippen LogP contribution is -2.49. The van der Waals surface area contributed by atoms with E-state index < -0.39 is 23.3 Å². The van der Waals surface area contributed by atoms with Crippen molar-refractivity contribution in [1.29, 1.82) is 0 Å². The van der Waals surface area contributed by atoms with E-state index in [-0.39, 0.29) is 35.0 Å². The maximum Gasteiger partial charge on any atom is 0.255 e. The molecule has 2 heterocycles. The van der Waals surface area contributed by atoms with Crippen molar-refractivity contribution in [3.8, 4) is 0 Å². The monoisotopic (exact) mass is 482 g/mol. The van der Waals surface area contributed by atoms with E-state index in [1.54, 1.807) is 24.9 Å². The SMILES string of the molecule is CNc1ncc(C(=O)NC2(C(=O)N[C@H](C)c3ccc(C(=O)N4C(C)CCC4C)cc3F)CC2)cn1. The average Bonchev–Trinajstić information content (AvgIpc) is 3.55. The summed E-state index contributed by atoms with van der Waals surface area (Å²) in [5.41, 5.74) is -0.232. The first kappa shape index (κ1) is 24.6. The summed E-state index contributed by atoms with van der Waals surface area (Å²) < 4.78 is 15.0. The molecule has 35 heavy (non-hydrogen) atoms.